The van der Waals surface area contributed by atoms with Gasteiger partial charge < -0.3 is 10.7 Å². The number of fused-ring (bicyclic) bond motifs is 1. The van der Waals surface area contributed by atoms with Crippen molar-refractivity contribution in [2.45, 2.75) is 38.1 Å². The van der Waals surface area contributed by atoms with E-state index < -0.39 is 0 Å². The van der Waals surface area contributed by atoms with Crippen molar-refractivity contribution < 1.29 is 0 Å². The monoisotopic (exact) mass is 233 g/mol. The summed E-state index contributed by atoms with van der Waals surface area (Å²) in [6.07, 6.45) is 8.53. The summed E-state index contributed by atoms with van der Waals surface area (Å²) in [6, 6.07) is 2.95. The zero-order valence-electron chi connectivity index (χ0n) is 10.5. The first-order chi connectivity index (χ1) is 8.38. The molecular weight excluding hydrogens is 210 g/mol. The van der Waals surface area contributed by atoms with Gasteiger partial charge in [0, 0.05) is 17.9 Å². The van der Waals surface area contributed by atoms with Gasteiger partial charge in [-0.3, -0.25) is 4.90 Å². The van der Waals surface area contributed by atoms with Crippen LogP contribution in [-0.2, 0) is 6.42 Å². The summed E-state index contributed by atoms with van der Waals surface area (Å²) in [7, 11) is 0. The minimum atomic E-state index is 0.657. The Morgan fingerprint density at radius 3 is 2.94 bits per heavy atom. The van der Waals surface area contributed by atoms with Crippen LogP contribution in [0.1, 0.15) is 43.0 Å². The molecule has 3 N–H and O–H groups in total. The number of nitrogens with two attached hydrogens (primary N) is 1. The van der Waals surface area contributed by atoms with Crippen molar-refractivity contribution in [3.63, 3.8) is 0 Å². The number of rotatable bonds is 3. The molecule has 0 radical (unpaired) electrons. The maximum atomic E-state index is 5.73. The zero-order chi connectivity index (χ0) is 11.7. The van der Waals surface area contributed by atoms with E-state index in [1.807, 2.05) is 0 Å². The first kappa shape index (κ1) is 11.3. The molecule has 2 unspecified atom stereocenters. The first-order valence-electron chi connectivity index (χ1n) is 6.98. The van der Waals surface area contributed by atoms with Gasteiger partial charge in [-0.05, 0) is 69.3 Å². The van der Waals surface area contributed by atoms with Crippen LogP contribution in [-0.4, -0.2) is 29.5 Å². The second-order valence-corrected chi connectivity index (χ2v) is 5.55. The van der Waals surface area contributed by atoms with Crippen molar-refractivity contribution in [1.29, 1.82) is 0 Å². The van der Waals surface area contributed by atoms with Crippen LogP contribution in [0.4, 0.5) is 0 Å². The van der Waals surface area contributed by atoms with E-state index in [2.05, 4.69) is 22.1 Å². The number of H-pyrrole nitrogens is 1. The molecule has 3 rings (SSSR count). The lowest BCUT2D eigenvalue weighted by atomic mass is 9.82. The molecule has 1 aromatic rings. The Bertz CT molecular complexity index is 365. The SMILES string of the molecule is NCCC1Cc2[nH]ccc2C(N2CCCC2)C1. The highest BCUT2D eigenvalue weighted by Crippen LogP contribution is 2.39. The van der Waals surface area contributed by atoms with Crippen molar-refractivity contribution >= 4 is 0 Å². The molecule has 0 aromatic carbocycles. The molecule has 1 aliphatic carbocycles. The van der Waals surface area contributed by atoms with E-state index in [1.54, 1.807) is 5.56 Å². The standard InChI is InChI=1S/C14H23N3/c15-5-3-11-9-13-12(4-6-16-13)14(10-11)17-7-1-2-8-17/h4,6,11,14,16H,1-3,5,7-10,15H2. The molecule has 0 amide bonds. The minimum Gasteiger partial charge on any atom is -0.365 e. The third-order valence-electron chi connectivity index (χ3n) is 4.43. The molecular formula is C14H23N3. The van der Waals surface area contributed by atoms with Gasteiger partial charge in [0.1, 0.15) is 0 Å². The number of aromatic nitrogens is 1. The summed E-state index contributed by atoms with van der Waals surface area (Å²) >= 11 is 0. The van der Waals surface area contributed by atoms with Crippen LogP contribution < -0.4 is 5.73 Å². The van der Waals surface area contributed by atoms with Crippen LogP contribution in [0.3, 0.4) is 0 Å². The third-order valence-corrected chi connectivity index (χ3v) is 4.43. The average molecular weight is 233 g/mol. The first-order valence-corrected chi connectivity index (χ1v) is 6.98. The molecule has 2 atom stereocenters. The fraction of sp³-hybridized carbons (Fsp3) is 0.714. The van der Waals surface area contributed by atoms with Crippen LogP contribution >= 0.6 is 0 Å². The predicted molar refractivity (Wildman–Crippen MR) is 69.8 cm³/mol. The molecule has 94 valence electrons. The van der Waals surface area contributed by atoms with E-state index in [0.29, 0.717) is 6.04 Å². The summed E-state index contributed by atoms with van der Waals surface area (Å²) in [5.41, 5.74) is 8.75. The molecule has 3 nitrogen and oxygen atoms in total. The summed E-state index contributed by atoms with van der Waals surface area (Å²) in [6.45, 7) is 3.39. The van der Waals surface area contributed by atoms with Gasteiger partial charge in [0.05, 0.1) is 0 Å². The third kappa shape index (κ3) is 2.14. The molecule has 3 heteroatoms. The second-order valence-electron chi connectivity index (χ2n) is 5.55. The Balaban J connectivity index is 1.82. The quantitative estimate of drug-likeness (QED) is 0.839. The van der Waals surface area contributed by atoms with Gasteiger partial charge in [0.25, 0.3) is 0 Å². The Labute approximate surface area is 103 Å². The number of aromatic amines is 1. The smallest absolute Gasteiger partial charge is 0.0368 e. The van der Waals surface area contributed by atoms with Gasteiger partial charge in [0.15, 0.2) is 0 Å². The molecule has 1 fully saturated rings. The van der Waals surface area contributed by atoms with Gasteiger partial charge in [-0.1, -0.05) is 0 Å². The summed E-state index contributed by atoms with van der Waals surface area (Å²) < 4.78 is 0. The van der Waals surface area contributed by atoms with E-state index >= 15 is 0 Å². The topological polar surface area (TPSA) is 45.1 Å². The van der Waals surface area contributed by atoms with Crippen molar-refractivity contribution in [3.05, 3.63) is 23.5 Å². The molecule has 2 aliphatic rings. The maximum absolute atomic E-state index is 5.73. The number of hydrogen-bond donors (Lipinski definition) is 2. The molecule has 1 aromatic heterocycles. The van der Waals surface area contributed by atoms with E-state index in [1.165, 1.54) is 50.9 Å². The summed E-state index contributed by atoms with van der Waals surface area (Å²) in [5, 5.41) is 0. The second kappa shape index (κ2) is 4.83. The highest BCUT2D eigenvalue weighted by atomic mass is 15.2. The molecule has 17 heavy (non-hydrogen) atoms. The molecule has 2 heterocycles. The number of likely N-dealkylation sites (tertiary alicyclic amines) is 1. The van der Waals surface area contributed by atoms with E-state index in [4.69, 9.17) is 5.73 Å². The van der Waals surface area contributed by atoms with Crippen molar-refractivity contribution in [3.8, 4) is 0 Å². The Morgan fingerprint density at radius 2 is 2.18 bits per heavy atom. The zero-order valence-corrected chi connectivity index (χ0v) is 10.5. The molecule has 1 saturated heterocycles. The summed E-state index contributed by atoms with van der Waals surface area (Å²) in [5.74, 6) is 0.775. The lowest BCUT2D eigenvalue weighted by Gasteiger charge is -2.35. The Morgan fingerprint density at radius 1 is 1.35 bits per heavy atom. The average Bonchev–Trinajstić information content (AvgIpc) is 2.99. The molecule has 0 saturated carbocycles. The predicted octanol–water partition coefficient (Wildman–Crippen LogP) is 2.06. The molecule has 0 bridgehead atoms. The lowest BCUT2D eigenvalue weighted by Crippen LogP contribution is -2.32. The van der Waals surface area contributed by atoms with Crippen LogP contribution in [0, 0.1) is 5.92 Å². The number of nitrogens with zero attached hydrogens (tertiary/aromatic N) is 1. The van der Waals surface area contributed by atoms with Crippen LogP contribution in [0.2, 0.25) is 0 Å². The van der Waals surface area contributed by atoms with Crippen molar-refractivity contribution in [1.82, 2.24) is 9.88 Å². The maximum Gasteiger partial charge on any atom is 0.0368 e. The number of hydrogen-bond acceptors (Lipinski definition) is 2. The van der Waals surface area contributed by atoms with E-state index in [0.717, 1.165) is 12.5 Å². The fourth-order valence-electron chi connectivity index (χ4n) is 3.57. The van der Waals surface area contributed by atoms with Gasteiger partial charge in [-0.15, -0.1) is 0 Å². The molecule has 1 aliphatic heterocycles. The highest BCUT2D eigenvalue weighted by molar-refractivity contribution is 5.28. The van der Waals surface area contributed by atoms with Crippen molar-refractivity contribution in [2.75, 3.05) is 19.6 Å². The Kier molecular flexibility index (Phi) is 3.21. The van der Waals surface area contributed by atoms with E-state index in [-0.39, 0.29) is 0 Å². The normalized spacial score (nSPS) is 29.5. The minimum absolute atomic E-state index is 0.657. The van der Waals surface area contributed by atoms with Crippen molar-refractivity contribution in [2.24, 2.45) is 11.7 Å². The van der Waals surface area contributed by atoms with Gasteiger partial charge in [0.2, 0.25) is 0 Å². The fourth-order valence-corrected chi connectivity index (χ4v) is 3.57. The van der Waals surface area contributed by atoms with Gasteiger partial charge in [-0.25, -0.2) is 0 Å². The van der Waals surface area contributed by atoms with Crippen LogP contribution in [0.5, 0.6) is 0 Å². The summed E-state index contributed by atoms with van der Waals surface area (Å²) in [4.78, 5) is 6.11. The van der Waals surface area contributed by atoms with Crippen LogP contribution in [0.15, 0.2) is 12.3 Å². The van der Waals surface area contributed by atoms with E-state index in [9.17, 15) is 0 Å². The lowest BCUT2D eigenvalue weighted by molar-refractivity contribution is 0.189. The number of nitrogens with one attached hydrogen (secondary N) is 1. The molecule has 0 spiro atoms. The van der Waals surface area contributed by atoms with Gasteiger partial charge in [-0.2, -0.15) is 0 Å². The van der Waals surface area contributed by atoms with Crippen LogP contribution in [0.25, 0.3) is 0 Å². The Hall–Kier alpha value is -0.800. The van der Waals surface area contributed by atoms with Gasteiger partial charge >= 0.3 is 0 Å². The highest BCUT2D eigenvalue weighted by Gasteiger charge is 2.32. The largest absolute Gasteiger partial charge is 0.365 e.